The van der Waals surface area contributed by atoms with E-state index in [1.807, 2.05) is 11.8 Å². The Balaban J connectivity index is 1.85. The third kappa shape index (κ3) is 3.98. The molecular formula is C19H27N3O2S2. The van der Waals surface area contributed by atoms with E-state index in [0.29, 0.717) is 11.1 Å². The van der Waals surface area contributed by atoms with Crippen molar-refractivity contribution in [2.24, 2.45) is 5.92 Å². The molecular weight excluding hydrogens is 366 g/mol. The van der Waals surface area contributed by atoms with Gasteiger partial charge in [-0.05, 0) is 44.6 Å². The highest BCUT2D eigenvalue weighted by Gasteiger charge is 2.25. The third-order valence-electron chi connectivity index (χ3n) is 5.14. The molecule has 0 radical (unpaired) electrons. The van der Waals surface area contributed by atoms with Crippen LogP contribution in [0.3, 0.4) is 0 Å². The summed E-state index contributed by atoms with van der Waals surface area (Å²) in [6.07, 6.45) is 4.16. The molecule has 1 N–H and O–H groups in total. The average molecular weight is 394 g/mol. The highest BCUT2D eigenvalue weighted by molar-refractivity contribution is 8.00. The molecule has 5 nitrogen and oxygen atoms in total. The van der Waals surface area contributed by atoms with E-state index >= 15 is 0 Å². The van der Waals surface area contributed by atoms with Gasteiger partial charge >= 0.3 is 0 Å². The Labute approximate surface area is 162 Å². The highest BCUT2D eigenvalue weighted by Crippen LogP contribution is 2.31. The molecule has 0 bridgehead atoms. The van der Waals surface area contributed by atoms with Gasteiger partial charge in [-0.15, -0.1) is 11.3 Å². The Morgan fingerprint density at radius 3 is 2.69 bits per heavy atom. The van der Waals surface area contributed by atoms with Crippen LogP contribution < -0.4 is 5.56 Å². The molecule has 0 unspecified atom stereocenters. The van der Waals surface area contributed by atoms with Gasteiger partial charge in [0, 0.05) is 18.0 Å². The molecule has 2 atom stereocenters. The van der Waals surface area contributed by atoms with Crippen LogP contribution in [0.1, 0.15) is 50.5 Å². The van der Waals surface area contributed by atoms with Crippen LogP contribution >= 0.6 is 23.1 Å². The van der Waals surface area contributed by atoms with Crippen LogP contribution in [0.25, 0.3) is 10.2 Å². The number of nitrogens with one attached hydrogen (secondary N) is 1. The number of thiophene rings is 1. The van der Waals surface area contributed by atoms with Crippen molar-refractivity contribution in [1.82, 2.24) is 14.9 Å². The number of aryl methyl sites for hydroxylation is 1. The lowest BCUT2D eigenvalue weighted by Crippen LogP contribution is -2.34. The van der Waals surface area contributed by atoms with Gasteiger partial charge in [0.15, 0.2) is 5.16 Å². The quantitative estimate of drug-likeness (QED) is 0.595. The Kier molecular flexibility index (Phi) is 6.07. The number of thioether (sulfide) groups is 1. The summed E-state index contributed by atoms with van der Waals surface area (Å²) in [5, 5.41) is 1.03. The summed E-state index contributed by atoms with van der Waals surface area (Å²) in [6.45, 7) is 10.0. The summed E-state index contributed by atoms with van der Waals surface area (Å²) in [6, 6.07) is 0. The molecule has 142 valence electrons. The van der Waals surface area contributed by atoms with E-state index in [4.69, 9.17) is 0 Å². The van der Waals surface area contributed by atoms with Gasteiger partial charge in [0.25, 0.3) is 5.56 Å². The first-order valence-electron chi connectivity index (χ1n) is 9.38. The molecule has 0 saturated carbocycles. The number of nitrogens with zero attached hydrogens (tertiary/aromatic N) is 2. The molecule has 1 saturated heterocycles. The number of amides is 1. The van der Waals surface area contributed by atoms with Crippen LogP contribution in [0.2, 0.25) is 0 Å². The average Bonchev–Trinajstić information content (AvgIpc) is 3.23. The first kappa shape index (κ1) is 19.4. The van der Waals surface area contributed by atoms with Crippen molar-refractivity contribution in [3.63, 3.8) is 0 Å². The van der Waals surface area contributed by atoms with Crippen LogP contribution in [0.15, 0.2) is 9.95 Å². The summed E-state index contributed by atoms with van der Waals surface area (Å²) in [5.74, 6) is 0.674. The van der Waals surface area contributed by atoms with Crippen LogP contribution in [-0.2, 0) is 11.2 Å². The number of likely N-dealkylation sites (tertiary alicyclic amines) is 1. The zero-order chi connectivity index (χ0) is 18.8. The summed E-state index contributed by atoms with van der Waals surface area (Å²) in [5.41, 5.74) is 1.05. The second-order valence-corrected chi connectivity index (χ2v) is 9.73. The van der Waals surface area contributed by atoms with E-state index in [1.54, 1.807) is 11.3 Å². The number of H-pyrrole nitrogens is 1. The van der Waals surface area contributed by atoms with Crippen molar-refractivity contribution >= 4 is 39.2 Å². The van der Waals surface area contributed by atoms with Gasteiger partial charge < -0.3 is 9.88 Å². The van der Waals surface area contributed by atoms with Gasteiger partial charge in [-0.2, -0.15) is 0 Å². The Morgan fingerprint density at radius 2 is 2.04 bits per heavy atom. The zero-order valence-corrected chi connectivity index (χ0v) is 17.6. The van der Waals surface area contributed by atoms with Crippen molar-refractivity contribution in [3.05, 3.63) is 20.8 Å². The lowest BCUT2D eigenvalue weighted by molar-refractivity contribution is -0.129. The first-order chi connectivity index (χ1) is 12.4. The molecule has 3 heterocycles. The standard InChI is InChI=1S/C19H27N3O2S2/c1-5-11(2)10-14-12(3)25-17-15(14)16(23)20-19(21-17)26-13(4)18(24)22-8-6-7-9-22/h11,13H,5-10H2,1-4H3,(H,20,21,23)/t11-,13-/m0/s1. The third-order valence-corrected chi connectivity index (χ3v) is 7.16. The van der Waals surface area contributed by atoms with E-state index in [1.165, 1.54) is 16.6 Å². The molecule has 1 fully saturated rings. The summed E-state index contributed by atoms with van der Waals surface area (Å²) in [4.78, 5) is 36.6. The van der Waals surface area contributed by atoms with Crippen LogP contribution in [0.4, 0.5) is 0 Å². The van der Waals surface area contributed by atoms with E-state index in [9.17, 15) is 9.59 Å². The Bertz CT molecular complexity index is 852. The first-order valence-corrected chi connectivity index (χ1v) is 11.1. The number of aromatic nitrogens is 2. The van der Waals surface area contributed by atoms with Gasteiger partial charge in [-0.25, -0.2) is 4.98 Å². The van der Waals surface area contributed by atoms with Gasteiger partial charge in [-0.1, -0.05) is 32.0 Å². The number of hydrogen-bond acceptors (Lipinski definition) is 5. The molecule has 1 aliphatic heterocycles. The fourth-order valence-electron chi connectivity index (χ4n) is 3.36. The normalized spacial score (nSPS) is 17.0. The van der Waals surface area contributed by atoms with E-state index < -0.39 is 0 Å². The largest absolute Gasteiger partial charge is 0.342 e. The number of hydrogen-bond donors (Lipinski definition) is 1. The molecule has 7 heteroatoms. The Morgan fingerprint density at radius 1 is 1.35 bits per heavy atom. The monoisotopic (exact) mass is 393 g/mol. The molecule has 26 heavy (non-hydrogen) atoms. The summed E-state index contributed by atoms with van der Waals surface area (Å²) in [7, 11) is 0. The minimum atomic E-state index is -0.241. The number of aromatic amines is 1. The van der Waals surface area contributed by atoms with Crippen molar-refractivity contribution in [3.8, 4) is 0 Å². The van der Waals surface area contributed by atoms with Crippen molar-refractivity contribution in [2.75, 3.05) is 13.1 Å². The fraction of sp³-hybridized carbons (Fsp3) is 0.632. The topological polar surface area (TPSA) is 66.1 Å². The van der Waals surface area contributed by atoms with Gasteiger partial charge in [0.1, 0.15) is 4.83 Å². The molecule has 0 aromatic carbocycles. The van der Waals surface area contributed by atoms with Crippen molar-refractivity contribution in [2.45, 2.75) is 63.8 Å². The SMILES string of the molecule is CC[C@H](C)Cc1c(C)sc2nc(S[C@@H](C)C(=O)N3CCCC3)[nH]c(=O)c12. The van der Waals surface area contributed by atoms with Crippen molar-refractivity contribution < 1.29 is 4.79 Å². The predicted molar refractivity (Wildman–Crippen MR) is 109 cm³/mol. The Hall–Kier alpha value is -1.34. The molecule has 1 aliphatic rings. The van der Waals surface area contributed by atoms with E-state index in [-0.39, 0.29) is 16.7 Å². The van der Waals surface area contributed by atoms with Gasteiger partial charge in [0.2, 0.25) is 5.91 Å². The number of carbonyl (C=O) groups excluding carboxylic acids is 1. The molecule has 0 spiro atoms. The van der Waals surface area contributed by atoms with Crippen molar-refractivity contribution in [1.29, 1.82) is 0 Å². The van der Waals surface area contributed by atoms with Crippen LogP contribution in [0, 0.1) is 12.8 Å². The second kappa shape index (κ2) is 8.13. The van der Waals surface area contributed by atoms with E-state index in [0.717, 1.165) is 54.6 Å². The maximum Gasteiger partial charge on any atom is 0.260 e. The molecule has 1 amide bonds. The molecule has 2 aromatic heterocycles. The molecule has 3 rings (SSSR count). The minimum Gasteiger partial charge on any atom is -0.342 e. The zero-order valence-electron chi connectivity index (χ0n) is 15.9. The van der Waals surface area contributed by atoms with Gasteiger partial charge in [-0.3, -0.25) is 9.59 Å². The second-order valence-electron chi connectivity index (χ2n) is 7.20. The summed E-state index contributed by atoms with van der Waals surface area (Å²) >= 11 is 2.93. The van der Waals surface area contributed by atoms with E-state index in [2.05, 4.69) is 30.7 Å². The smallest absolute Gasteiger partial charge is 0.260 e. The van der Waals surface area contributed by atoms with Gasteiger partial charge in [0.05, 0.1) is 10.6 Å². The lowest BCUT2D eigenvalue weighted by atomic mass is 9.98. The lowest BCUT2D eigenvalue weighted by Gasteiger charge is -2.19. The maximum atomic E-state index is 12.7. The minimum absolute atomic E-state index is 0.0824. The predicted octanol–water partition coefficient (Wildman–Crippen LogP) is 3.98. The summed E-state index contributed by atoms with van der Waals surface area (Å²) < 4.78 is 0. The highest BCUT2D eigenvalue weighted by atomic mass is 32.2. The fourth-order valence-corrected chi connectivity index (χ4v) is 5.35. The van der Waals surface area contributed by atoms with Crippen LogP contribution in [0.5, 0.6) is 0 Å². The molecule has 2 aromatic rings. The maximum absolute atomic E-state index is 12.7. The molecule has 0 aliphatic carbocycles. The number of carbonyl (C=O) groups is 1. The number of rotatable bonds is 6. The van der Waals surface area contributed by atoms with Crippen LogP contribution in [-0.4, -0.2) is 39.1 Å². The number of fused-ring (bicyclic) bond motifs is 1.